The van der Waals surface area contributed by atoms with E-state index < -0.39 is 5.54 Å². The van der Waals surface area contributed by atoms with Crippen molar-refractivity contribution in [2.24, 2.45) is 11.7 Å². The number of nitrogens with zero attached hydrogens (tertiary/aromatic N) is 1. The second-order valence-corrected chi connectivity index (χ2v) is 5.34. The van der Waals surface area contributed by atoms with E-state index in [-0.39, 0.29) is 11.7 Å². The quantitative estimate of drug-likeness (QED) is 0.887. The van der Waals surface area contributed by atoms with Crippen LogP contribution in [-0.2, 0) is 11.3 Å². The second-order valence-electron chi connectivity index (χ2n) is 5.34. The zero-order valence-corrected chi connectivity index (χ0v) is 10.8. The van der Waals surface area contributed by atoms with Gasteiger partial charge in [0.15, 0.2) is 0 Å². The molecule has 1 atom stereocenters. The SMILES string of the molecule is CN(Cc1ccc(F)cc1)C(=O)C(C)(N)C1CC1. The molecule has 1 aromatic rings. The fraction of sp³-hybridized carbons (Fsp3) is 0.500. The van der Waals surface area contributed by atoms with E-state index in [2.05, 4.69) is 0 Å². The molecule has 0 saturated heterocycles. The molecular formula is C14H19FN2O. The molecule has 0 heterocycles. The summed E-state index contributed by atoms with van der Waals surface area (Å²) < 4.78 is 12.8. The summed E-state index contributed by atoms with van der Waals surface area (Å²) >= 11 is 0. The number of rotatable bonds is 4. The summed E-state index contributed by atoms with van der Waals surface area (Å²) in [6.45, 7) is 2.26. The normalized spacial score (nSPS) is 18.2. The molecule has 1 saturated carbocycles. The van der Waals surface area contributed by atoms with Gasteiger partial charge in [0.05, 0.1) is 5.54 Å². The summed E-state index contributed by atoms with van der Waals surface area (Å²) in [6.07, 6.45) is 2.06. The Hall–Kier alpha value is -1.42. The molecule has 1 fully saturated rings. The van der Waals surface area contributed by atoms with Crippen LogP contribution < -0.4 is 5.73 Å². The maximum absolute atomic E-state index is 12.8. The first kappa shape index (κ1) is 13.0. The van der Waals surface area contributed by atoms with Gasteiger partial charge in [-0.3, -0.25) is 4.79 Å². The van der Waals surface area contributed by atoms with Crippen molar-refractivity contribution in [1.29, 1.82) is 0 Å². The van der Waals surface area contributed by atoms with Gasteiger partial charge in [-0.1, -0.05) is 12.1 Å². The minimum absolute atomic E-state index is 0.0469. The number of hydrogen-bond acceptors (Lipinski definition) is 2. The molecule has 3 nitrogen and oxygen atoms in total. The van der Waals surface area contributed by atoms with Gasteiger partial charge in [0, 0.05) is 13.6 Å². The van der Waals surface area contributed by atoms with Gasteiger partial charge in [-0.15, -0.1) is 0 Å². The lowest BCUT2D eigenvalue weighted by Gasteiger charge is -2.29. The number of hydrogen-bond donors (Lipinski definition) is 1. The van der Waals surface area contributed by atoms with Crippen molar-refractivity contribution >= 4 is 5.91 Å². The van der Waals surface area contributed by atoms with Crippen molar-refractivity contribution in [3.8, 4) is 0 Å². The summed E-state index contributed by atoms with van der Waals surface area (Å²) in [6, 6.07) is 6.17. The van der Waals surface area contributed by atoms with E-state index in [4.69, 9.17) is 5.73 Å². The van der Waals surface area contributed by atoms with Gasteiger partial charge in [-0.2, -0.15) is 0 Å². The van der Waals surface area contributed by atoms with E-state index in [9.17, 15) is 9.18 Å². The Labute approximate surface area is 107 Å². The summed E-state index contributed by atoms with van der Waals surface area (Å²) in [5.74, 6) is -0.00985. The molecule has 0 radical (unpaired) electrons. The van der Waals surface area contributed by atoms with E-state index in [0.29, 0.717) is 12.5 Å². The number of halogens is 1. The van der Waals surface area contributed by atoms with Gasteiger partial charge in [-0.25, -0.2) is 4.39 Å². The van der Waals surface area contributed by atoms with Gasteiger partial charge in [0.1, 0.15) is 5.82 Å². The van der Waals surface area contributed by atoms with Crippen LogP contribution in [0, 0.1) is 11.7 Å². The third kappa shape index (κ3) is 2.70. The van der Waals surface area contributed by atoms with Crippen molar-refractivity contribution in [1.82, 2.24) is 4.90 Å². The predicted molar refractivity (Wildman–Crippen MR) is 68.2 cm³/mol. The number of nitrogens with two attached hydrogens (primary N) is 1. The summed E-state index contributed by atoms with van der Waals surface area (Å²) in [5, 5.41) is 0. The highest BCUT2D eigenvalue weighted by molar-refractivity contribution is 5.86. The first-order chi connectivity index (χ1) is 8.41. The number of benzene rings is 1. The lowest BCUT2D eigenvalue weighted by Crippen LogP contribution is -2.53. The molecule has 0 bridgehead atoms. The van der Waals surface area contributed by atoms with Crippen LogP contribution in [0.2, 0.25) is 0 Å². The van der Waals surface area contributed by atoms with Crippen LogP contribution in [0.4, 0.5) is 4.39 Å². The standard InChI is InChI=1S/C14H19FN2O/c1-14(16,11-5-6-11)13(18)17(2)9-10-3-7-12(15)8-4-10/h3-4,7-8,11H,5-6,9,16H2,1-2H3. The van der Waals surface area contributed by atoms with Crippen LogP contribution in [0.3, 0.4) is 0 Å². The molecule has 98 valence electrons. The molecule has 1 amide bonds. The van der Waals surface area contributed by atoms with E-state index in [1.807, 2.05) is 0 Å². The zero-order chi connectivity index (χ0) is 13.3. The molecule has 1 unspecified atom stereocenters. The van der Waals surface area contributed by atoms with Gasteiger partial charge in [-0.05, 0) is 43.4 Å². The first-order valence-electron chi connectivity index (χ1n) is 6.20. The van der Waals surface area contributed by atoms with E-state index in [1.165, 1.54) is 12.1 Å². The molecule has 2 rings (SSSR count). The molecule has 1 aliphatic carbocycles. The summed E-state index contributed by atoms with van der Waals surface area (Å²) in [4.78, 5) is 13.9. The van der Waals surface area contributed by atoms with Crippen molar-refractivity contribution in [3.05, 3.63) is 35.6 Å². The van der Waals surface area contributed by atoms with Gasteiger partial charge in [0.2, 0.25) is 5.91 Å². The molecular weight excluding hydrogens is 231 g/mol. The van der Waals surface area contributed by atoms with E-state index in [1.54, 1.807) is 31.0 Å². The predicted octanol–water partition coefficient (Wildman–Crippen LogP) is 1.91. The lowest BCUT2D eigenvalue weighted by molar-refractivity contribution is -0.136. The Bertz CT molecular complexity index is 438. The number of carbonyl (C=O) groups excluding carboxylic acids is 1. The van der Waals surface area contributed by atoms with E-state index >= 15 is 0 Å². The molecule has 1 aromatic carbocycles. The maximum atomic E-state index is 12.8. The Morgan fingerprint density at radius 2 is 2.00 bits per heavy atom. The molecule has 0 spiro atoms. The Balaban J connectivity index is 2.01. The van der Waals surface area contributed by atoms with Gasteiger partial charge >= 0.3 is 0 Å². The Kier molecular flexibility index (Phi) is 3.39. The molecule has 18 heavy (non-hydrogen) atoms. The zero-order valence-electron chi connectivity index (χ0n) is 10.8. The van der Waals surface area contributed by atoms with Gasteiger partial charge in [0.25, 0.3) is 0 Å². The third-order valence-corrected chi connectivity index (χ3v) is 3.57. The Morgan fingerprint density at radius 1 is 1.44 bits per heavy atom. The van der Waals surface area contributed by atoms with Crippen LogP contribution in [0.15, 0.2) is 24.3 Å². The smallest absolute Gasteiger partial charge is 0.242 e. The van der Waals surface area contributed by atoms with Crippen LogP contribution >= 0.6 is 0 Å². The largest absolute Gasteiger partial charge is 0.340 e. The lowest BCUT2D eigenvalue weighted by atomic mass is 9.95. The monoisotopic (exact) mass is 250 g/mol. The molecule has 1 aliphatic rings. The first-order valence-corrected chi connectivity index (χ1v) is 6.20. The average molecular weight is 250 g/mol. The second kappa shape index (κ2) is 4.69. The minimum Gasteiger partial charge on any atom is -0.340 e. The molecule has 2 N–H and O–H groups in total. The van der Waals surface area contributed by atoms with Crippen molar-refractivity contribution < 1.29 is 9.18 Å². The third-order valence-electron chi connectivity index (χ3n) is 3.57. The van der Waals surface area contributed by atoms with Crippen LogP contribution in [0.5, 0.6) is 0 Å². The van der Waals surface area contributed by atoms with Crippen LogP contribution in [0.25, 0.3) is 0 Å². The Morgan fingerprint density at radius 3 is 2.50 bits per heavy atom. The highest BCUT2D eigenvalue weighted by atomic mass is 19.1. The molecule has 0 aromatic heterocycles. The molecule has 0 aliphatic heterocycles. The fourth-order valence-electron chi connectivity index (χ4n) is 2.20. The average Bonchev–Trinajstić information content (AvgIpc) is 3.15. The van der Waals surface area contributed by atoms with Crippen molar-refractivity contribution in [2.75, 3.05) is 7.05 Å². The fourth-order valence-corrected chi connectivity index (χ4v) is 2.20. The van der Waals surface area contributed by atoms with Crippen molar-refractivity contribution in [2.45, 2.75) is 31.8 Å². The minimum atomic E-state index is -0.769. The van der Waals surface area contributed by atoms with Crippen LogP contribution in [0.1, 0.15) is 25.3 Å². The molecule has 4 heteroatoms. The summed E-state index contributed by atoms with van der Waals surface area (Å²) in [7, 11) is 1.74. The van der Waals surface area contributed by atoms with Crippen molar-refractivity contribution in [3.63, 3.8) is 0 Å². The summed E-state index contributed by atoms with van der Waals surface area (Å²) in [5.41, 5.74) is 6.23. The number of carbonyl (C=O) groups is 1. The van der Waals surface area contributed by atoms with E-state index in [0.717, 1.165) is 18.4 Å². The highest BCUT2D eigenvalue weighted by Crippen LogP contribution is 2.38. The highest BCUT2D eigenvalue weighted by Gasteiger charge is 2.45. The van der Waals surface area contributed by atoms with Gasteiger partial charge < -0.3 is 10.6 Å². The topological polar surface area (TPSA) is 46.3 Å². The number of likely N-dealkylation sites (N-methyl/N-ethyl adjacent to an activating group) is 1. The van der Waals surface area contributed by atoms with Crippen LogP contribution in [-0.4, -0.2) is 23.4 Å². The maximum Gasteiger partial charge on any atom is 0.242 e. The number of amides is 1.